The van der Waals surface area contributed by atoms with Gasteiger partial charge in [0.2, 0.25) is 0 Å². The van der Waals surface area contributed by atoms with E-state index >= 15 is 0 Å². The lowest BCUT2D eigenvalue weighted by Crippen LogP contribution is -2.23. The maximum Gasteiger partial charge on any atom is 0.251 e. The molecule has 0 saturated heterocycles. The average molecular weight is 244 g/mol. The molecule has 0 aliphatic heterocycles. The largest absolute Gasteiger partial charge is 0.346 e. The van der Waals surface area contributed by atoms with Crippen LogP contribution in [0.25, 0.3) is 0 Å². The van der Waals surface area contributed by atoms with Crippen LogP contribution in [0.15, 0.2) is 42.5 Å². The minimum atomic E-state index is -0.355. The van der Waals surface area contributed by atoms with Crippen molar-refractivity contribution < 1.29 is 9.18 Å². The van der Waals surface area contributed by atoms with E-state index in [1.165, 1.54) is 24.3 Å². The van der Waals surface area contributed by atoms with Crippen molar-refractivity contribution in [2.45, 2.75) is 13.5 Å². The number of halogens is 1. The molecular weight excluding hydrogens is 231 g/mol. The van der Waals surface area contributed by atoms with Crippen LogP contribution in [-0.4, -0.2) is 10.9 Å². The molecule has 1 aromatic carbocycles. The van der Waals surface area contributed by atoms with E-state index in [0.717, 1.165) is 11.4 Å². The zero-order valence-corrected chi connectivity index (χ0v) is 9.98. The Morgan fingerprint density at radius 1 is 1.22 bits per heavy atom. The molecule has 0 aliphatic carbocycles. The normalized spacial score (nSPS) is 10.1. The summed E-state index contributed by atoms with van der Waals surface area (Å²) < 4.78 is 12.7. The topological polar surface area (TPSA) is 42.0 Å². The van der Waals surface area contributed by atoms with Crippen molar-refractivity contribution in [3.8, 4) is 0 Å². The molecule has 0 radical (unpaired) electrons. The predicted molar refractivity (Wildman–Crippen MR) is 66.5 cm³/mol. The zero-order valence-electron chi connectivity index (χ0n) is 9.98. The third-order valence-electron chi connectivity index (χ3n) is 2.48. The summed E-state index contributed by atoms with van der Waals surface area (Å²) in [4.78, 5) is 16.0. The molecule has 0 atom stereocenters. The van der Waals surface area contributed by atoms with Crippen molar-refractivity contribution in [2.24, 2.45) is 0 Å². The van der Waals surface area contributed by atoms with Gasteiger partial charge >= 0.3 is 0 Å². The molecule has 18 heavy (non-hydrogen) atoms. The molecule has 0 fully saturated rings. The van der Waals surface area contributed by atoms with Crippen LogP contribution in [-0.2, 0) is 6.54 Å². The lowest BCUT2D eigenvalue weighted by molar-refractivity contribution is 0.0950. The van der Waals surface area contributed by atoms with E-state index in [1.54, 1.807) is 0 Å². The molecule has 2 aromatic rings. The van der Waals surface area contributed by atoms with Crippen molar-refractivity contribution >= 4 is 5.91 Å². The maximum absolute atomic E-state index is 12.7. The second-order valence-electron chi connectivity index (χ2n) is 3.96. The SMILES string of the molecule is Cc1cccc(CNC(=O)c2ccc(F)cc2)n1. The van der Waals surface area contributed by atoms with Crippen molar-refractivity contribution in [3.05, 3.63) is 65.2 Å². The number of rotatable bonds is 3. The first kappa shape index (κ1) is 12.2. The van der Waals surface area contributed by atoms with Gasteiger partial charge in [0, 0.05) is 11.3 Å². The van der Waals surface area contributed by atoms with Crippen molar-refractivity contribution in [2.75, 3.05) is 0 Å². The summed E-state index contributed by atoms with van der Waals surface area (Å²) in [6, 6.07) is 11.1. The highest BCUT2D eigenvalue weighted by Gasteiger charge is 2.05. The Morgan fingerprint density at radius 3 is 2.61 bits per heavy atom. The first-order chi connectivity index (χ1) is 8.65. The Bertz CT molecular complexity index is 552. The standard InChI is InChI=1S/C14H13FN2O/c1-10-3-2-4-13(17-10)9-16-14(18)11-5-7-12(15)8-6-11/h2-8H,9H2,1H3,(H,16,18). The number of benzene rings is 1. The Labute approximate surface area is 105 Å². The Balaban J connectivity index is 1.98. The third kappa shape index (κ3) is 3.13. The first-order valence-corrected chi connectivity index (χ1v) is 5.61. The van der Waals surface area contributed by atoms with Crippen molar-refractivity contribution in [1.29, 1.82) is 0 Å². The van der Waals surface area contributed by atoms with Crippen LogP contribution in [0.1, 0.15) is 21.7 Å². The maximum atomic E-state index is 12.7. The van der Waals surface area contributed by atoms with Gasteiger partial charge in [-0.3, -0.25) is 9.78 Å². The van der Waals surface area contributed by atoms with Gasteiger partial charge in [0.15, 0.2) is 0 Å². The summed E-state index contributed by atoms with van der Waals surface area (Å²) in [6.07, 6.45) is 0. The molecule has 1 aromatic heterocycles. The molecule has 4 heteroatoms. The number of carbonyl (C=O) groups is 1. The van der Waals surface area contributed by atoms with Gasteiger partial charge in [-0.25, -0.2) is 4.39 Å². The average Bonchev–Trinajstić information content (AvgIpc) is 2.37. The van der Waals surface area contributed by atoms with Gasteiger partial charge < -0.3 is 5.32 Å². The summed E-state index contributed by atoms with van der Waals surface area (Å²) in [7, 11) is 0. The van der Waals surface area contributed by atoms with Crippen LogP contribution in [0.2, 0.25) is 0 Å². The number of pyridine rings is 1. The number of nitrogens with one attached hydrogen (secondary N) is 1. The van der Waals surface area contributed by atoms with E-state index in [9.17, 15) is 9.18 Å². The van der Waals surface area contributed by atoms with Gasteiger partial charge in [-0.1, -0.05) is 6.07 Å². The van der Waals surface area contributed by atoms with Gasteiger partial charge in [-0.15, -0.1) is 0 Å². The van der Waals surface area contributed by atoms with Crippen LogP contribution in [0.4, 0.5) is 4.39 Å². The minimum Gasteiger partial charge on any atom is -0.346 e. The molecule has 0 bridgehead atoms. The molecule has 1 N–H and O–H groups in total. The van der Waals surface area contributed by atoms with E-state index in [0.29, 0.717) is 12.1 Å². The summed E-state index contributed by atoms with van der Waals surface area (Å²) in [5.74, 6) is -0.592. The molecule has 0 aliphatic rings. The molecule has 0 saturated carbocycles. The van der Waals surface area contributed by atoms with Crippen LogP contribution in [0.3, 0.4) is 0 Å². The fourth-order valence-corrected chi connectivity index (χ4v) is 1.57. The van der Waals surface area contributed by atoms with Crippen molar-refractivity contribution in [3.63, 3.8) is 0 Å². The van der Waals surface area contributed by atoms with Gasteiger partial charge in [-0.05, 0) is 43.3 Å². The second-order valence-corrected chi connectivity index (χ2v) is 3.96. The number of nitrogens with zero attached hydrogens (tertiary/aromatic N) is 1. The van der Waals surface area contributed by atoms with Gasteiger partial charge in [0.1, 0.15) is 5.82 Å². The molecule has 92 valence electrons. The number of aryl methyl sites for hydroxylation is 1. The number of hydrogen-bond donors (Lipinski definition) is 1. The number of carbonyl (C=O) groups excluding carboxylic acids is 1. The zero-order chi connectivity index (χ0) is 13.0. The smallest absolute Gasteiger partial charge is 0.251 e. The van der Waals surface area contributed by atoms with Gasteiger partial charge in [0.25, 0.3) is 5.91 Å². The molecule has 3 nitrogen and oxygen atoms in total. The van der Waals surface area contributed by atoms with E-state index in [1.807, 2.05) is 25.1 Å². The van der Waals surface area contributed by atoms with E-state index in [-0.39, 0.29) is 11.7 Å². The van der Waals surface area contributed by atoms with Gasteiger partial charge in [0.05, 0.1) is 12.2 Å². The van der Waals surface area contributed by atoms with E-state index in [4.69, 9.17) is 0 Å². The second kappa shape index (κ2) is 5.40. The Hall–Kier alpha value is -2.23. The minimum absolute atomic E-state index is 0.238. The van der Waals surface area contributed by atoms with Crippen LogP contribution in [0, 0.1) is 12.7 Å². The molecule has 1 heterocycles. The van der Waals surface area contributed by atoms with E-state index < -0.39 is 0 Å². The van der Waals surface area contributed by atoms with Gasteiger partial charge in [-0.2, -0.15) is 0 Å². The molecule has 1 amide bonds. The van der Waals surface area contributed by atoms with Crippen molar-refractivity contribution in [1.82, 2.24) is 10.3 Å². The molecular formula is C14H13FN2O. The van der Waals surface area contributed by atoms with Crippen LogP contribution in [0.5, 0.6) is 0 Å². The van der Waals surface area contributed by atoms with Crippen LogP contribution < -0.4 is 5.32 Å². The molecule has 0 unspecified atom stereocenters. The molecule has 2 rings (SSSR count). The highest BCUT2D eigenvalue weighted by atomic mass is 19.1. The quantitative estimate of drug-likeness (QED) is 0.901. The molecule has 0 spiro atoms. The highest BCUT2D eigenvalue weighted by Crippen LogP contribution is 2.03. The monoisotopic (exact) mass is 244 g/mol. The fourth-order valence-electron chi connectivity index (χ4n) is 1.57. The first-order valence-electron chi connectivity index (χ1n) is 5.61. The predicted octanol–water partition coefficient (Wildman–Crippen LogP) is 2.46. The number of hydrogen-bond acceptors (Lipinski definition) is 2. The van der Waals surface area contributed by atoms with Crippen LogP contribution >= 0.6 is 0 Å². The lowest BCUT2D eigenvalue weighted by atomic mass is 10.2. The number of amides is 1. The Kier molecular flexibility index (Phi) is 3.67. The fraction of sp³-hybridized carbons (Fsp3) is 0.143. The summed E-state index contributed by atoms with van der Waals surface area (Å²) in [5.41, 5.74) is 2.14. The summed E-state index contributed by atoms with van der Waals surface area (Å²) in [6.45, 7) is 2.25. The number of aromatic nitrogens is 1. The highest BCUT2D eigenvalue weighted by molar-refractivity contribution is 5.94. The summed E-state index contributed by atoms with van der Waals surface area (Å²) in [5, 5.41) is 2.74. The third-order valence-corrected chi connectivity index (χ3v) is 2.48. The lowest BCUT2D eigenvalue weighted by Gasteiger charge is -2.05. The van der Waals surface area contributed by atoms with E-state index in [2.05, 4.69) is 10.3 Å². The Morgan fingerprint density at radius 2 is 1.94 bits per heavy atom. The summed E-state index contributed by atoms with van der Waals surface area (Å²) >= 11 is 0.